The predicted molar refractivity (Wildman–Crippen MR) is 231 cm³/mol. The summed E-state index contributed by atoms with van der Waals surface area (Å²) >= 11 is 7.21. The van der Waals surface area contributed by atoms with E-state index in [4.69, 9.17) is 36.0 Å². The van der Waals surface area contributed by atoms with Crippen molar-refractivity contribution in [1.29, 1.82) is 0 Å². The van der Waals surface area contributed by atoms with Crippen LogP contribution in [0, 0.1) is 19.7 Å². The maximum atomic E-state index is 14.0. The van der Waals surface area contributed by atoms with Gasteiger partial charge < -0.3 is 29.0 Å². The van der Waals surface area contributed by atoms with Crippen molar-refractivity contribution in [2.24, 2.45) is 14.1 Å². The lowest BCUT2D eigenvalue weighted by Crippen LogP contribution is -2.28. The Kier molecular flexibility index (Phi) is 12.4. The lowest BCUT2D eigenvalue weighted by atomic mass is 9.87. The minimum atomic E-state index is -0.971. The van der Waals surface area contributed by atoms with Crippen molar-refractivity contribution in [3.05, 3.63) is 129 Å². The molecule has 0 saturated carbocycles. The van der Waals surface area contributed by atoms with Gasteiger partial charge in [0.1, 0.15) is 34.3 Å². The van der Waals surface area contributed by atoms with E-state index in [0.717, 1.165) is 61.6 Å². The molecular formula is C47H51ClFN5O6. The smallest absolute Gasteiger partial charge is 0.354 e. The number of phenols is 1. The first kappa shape index (κ1) is 42.4. The number of aliphatic hydroxyl groups is 1. The molecule has 2 N–H and O–H groups in total. The van der Waals surface area contributed by atoms with Crippen molar-refractivity contribution >= 4 is 39.2 Å². The van der Waals surface area contributed by atoms with Crippen molar-refractivity contribution in [2.75, 3.05) is 20.8 Å². The SMILES string of the molecule is COC(=O)c1c(C)c2c(-c3c(C(C)(CCc4cc(CCc5cc(O)c6ccc(F)cc6c5)n(C)n4)OCc4ccc(OC)cc4)nn(C)c3C)c(Cl)ccc2n1CCCO. The molecule has 1 unspecified atom stereocenters. The fraction of sp³-hybridized carbons (Fsp3) is 0.340. The third-order valence-corrected chi connectivity index (χ3v) is 12.0. The number of ether oxygens (including phenoxy) is 3. The second-order valence-electron chi connectivity index (χ2n) is 15.5. The average molecular weight is 836 g/mol. The molecule has 11 nitrogen and oxygen atoms in total. The van der Waals surface area contributed by atoms with Gasteiger partial charge in [0.15, 0.2) is 0 Å². The zero-order valence-electron chi connectivity index (χ0n) is 35.1. The molecule has 3 aromatic heterocycles. The molecular weight excluding hydrogens is 785 g/mol. The minimum Gasteiger partial charge on any atom is -0.507 e. The van der Waals surface area contributed by atoms with Crippen LogP contribution in [0.2, 0.25) is 5.02 Å². The lowest BCUT2D eigenvalue weighted by Gasteiger charge is -2.30. The average Bonchev–Trinajstić information content (AvgIpc) is 3.85. The molecule has 0 amide bonds. The Hall–Kier alpha value is -5.69. The summed E-state index contributed by atoms with van der Waals surface area (Å²) in [4.78, 5) is 13.3. The molecule has 0 aliphatic heterocycles. The molecule has 4 aromatic carbocycles. The molecule has 7 aromatic rings. The molecule has 60 heavy (non-hydrogen) atoms. The Morgan fingerprint density at radius 1 is 0.900 bits per heavy atom. The maximum absolute atomic E-state index is 14.0. The van der Waals surface area contributed by atoms with E-state index in [9.17, 15) is 19.4 Å². The number of rotatable bonds is 16. The quantitative estimate of drug-likeness (QED) is 0.0925. The summed E-state index contributed by atoms with van der Waals surface area (Å²) in [6.07, 6.45) is 2.79. The van der Waals surface area contributed by atoms with E-state index in [2.05, 4.69) is 6.07 Å². The monoisotopic (exact) mass is 835 g/mol. The summed E-state index contributed by atoms with van der Waals surface area (Å²) in [5.74, 6) is 0.0542. The normalized spacial score (nSPS) is 12.7. The van der Waals surface area contributed by atoms with Crippen LogP contribution in [0.15, 0.2) is 72.8 Å². The number of hydrogen-bond acceptors (Lipinski definition) is 8. The van der Waals surface area contributed by atoms with Crippen LogP contribution in [0.4, 0.5) is 4.39 Å². The van der Waals surface area contributed by atoms with Crippen LogP contribution in [0.25, 0.3) is 32.8 Å². The Morgan fingerprint density at radius 2 is 1.67 bits per heavy atom. The second kappa shape index (κ2) is 17.5. The first-order valence-electron chi connectivity index (χ1n) is 20.0. The van der Waals surface area contributed by atoms with Crippen molar-refractivity contribution in [2.45, 2.75) is 71.6 Å². The van der Waals surface area contributed by atoms with Gasteiger partial charge >= 0.3 is 5.97 Å². The summed E-state index contributed by atoms with van der Waals surface area (Å²) in [7, 11) is 6.82. The van der Waals surface area contributed by atoms with Crippen LogP contribution in [-0.2, 0) is 61.6 Å². The molecule has 3 heterocycles. The fourth-order valence-electron chi connectivity index (χ4n) is 8.27. The van der Waals surface area contributed by atoms with Crippen molar-refractivity contribution in [1.82, 2.24) is 24.1 Å². The number of aromatic nitrogens is 5. The van der Waals surface area contributed by atoms with Crippen LogP contribution in [0.3, 0.4) is 0 Å². The maximum Gasteiger partial charge on any atom is 0.354 e. The van der Waals surface area contributed by atoms with E-state index < -0.39 is 11.6 Å². The van der Waals surface area contributed by atoms with Crippen LogP contribution >= 0.6 is 11.6 Å². The zero-order valence-corrected chi connectivity index (χ0v) is 35.9. The molecule has 0 spiro atoms. The van der Waals surface area contributed by atoms with Gasteiger partial charge in [-0.15, -0.1) is 0 Å². The molecule has 0 fully saturated rings. The molecule has 13 heteroatoms. The third-order valence-electron chi connectivity index (χ3n) is 11.7. The number of nitrogens with zero attached hydrogens (tertiary/aromatic N) is 5. The van der Waals surface area contributed by atoms with Crippen molar-refractivity contribution < 1.29 is 33.6 Å². The molecule has 0 aliphatic rings. The van der Waals surface area contributed by atoms with Crippen LogP contribution in [-0.4, -0.2) is 61.1 Å². The van der Waals surface area contributed by atoms with Crippen LogP contribution < -0.4 is 4.74 Å². The van der Waals surface area contributed by atoms with Gasteiger partial charge in [0, 0.05) is 71.1 Å². The number of hydrogen-bond donors (Lipinski definition) is 2. The van der Waals surface area contributed by atoms with Gasteiger partial charge in [-0.3, -0.25) is 9.36 Å². The van der Waals surface area contributed by atoms with Crippen LogP contribution in [0.1, 0.15) is 69.7 Å². The van der Waals surface area contributed by atoms with E-state index in [1.807, 2.05) is 91.3 Å². The van der Waals surface area contributed by atoms with E-state index in [0.29, 0.717) is 65.8 Å². The predicted octanol–water partition coefficient (Wildman–Crippen LogP) is 9.07. The molecule has 314 valence electrons. The highest BCUT2D eigenvalue weighted by molar-refractivity contribution is 6.35. The topological polar surface area (TPSA) is 126 Å². The first-order valence-corrected chi connectivity index (χ1v) is 20.4. The van der Waals surface area contributed by atoms with Gasteiger partial charge in [-0.05, 0) is 130 Å². The number of aliphatic hydroxyl groups excluding tert-OH is 1. The molecule has 0 saturated heterocycles. The Balaban J connectivity index is 1.26. The number of fused-ring (bicyclic) bond motifs is 2. The van der Waals surface area contributed by atoms with Gasteiger partial charge in [-0.25, -0.2) is 9.18 Å². The number of aryl methyl sites for hydroxylation is 7. The summed E-state index contributed by atoms with van der Waals surface area (Å²) in [6.45, 7) is 6.60. The highest BCUT2D eigenvalue weighted by Gasteiger charge is 2.37. The number of benzene rings is 4. The molecule has 0 radical (unpaired) electrons. The van der Waals surface area contributed by atoms with Crippen LogP contribution in [0.5, 0.6) is 11.5 Å². The molecule has 1 atom stereocenters. The molecule has 0 aliphatic carbocycles. The number of phenolic OH excluding ortho intramolecular Hbond substituents is 1. The van der Waals surface area contributed by atoms with Crippen molar-refractivity contribution in [3.8, 4) is 22.6 Å². The molecule has 0 bridgehead atoms. The Bertz CT molecular complexity index is 2700. The number of carbonyl (C=O) groups is 1. The van der Waals surface area contributed by atoms with Gasteiger partial charge in [0.05, 0.1) is 26.5 Å². The van der Waals surface area contributed by atoms with Crippen molar-refractivity contribution in [3.63, 3.8) is 0 Å². The Labute approximate surface area is 353 Å². The number of methoxy groups -OCH3 is 2. The number of esters is 1. The highest BCUT2D eigenvalue weighted by atomic mass is 35.5. The van der Waals surface area contributed by atoms with Gasteiger partial charge in [0.25, 0.3) is 0 Å². The standard InChI is InChI=1S/C47H51ClFN5O6/c1-28-41-39(54(21-8-22-55)44(28)46(57)59-7)18-17-38(48)43(41)42-29(2)52(4)51-45(42)47(3,60-27-30-10-14-36(58-6)15-11-30)20-19-34-26-35(53(5)50-34)13-9-31-23-32-25-33(49)12-16-37(32)40(56)24-31/h10-12,14-18,23-26,55-56H,8-9,13,19-22,27H2,1-7H3. The van der Waals surface area contributed by atoms with E-state index in [-0.39, 0.29) is 24.8 Å². The first-order chi connectivity index (χ1) is 28.8. The number of aromatic hydroxyl groups is 1. The zero-order chi connectivity index (χ0) is 42.9. The van der Waals surface area contributed by atoms with Gasteiger partial charge in [-0.2, -0.15) is 10.2 Å². The second-order valence-corrected chi connectivity index (χ2v) is 15.9. The fourth-order valence-corrected chi connectivity index (χ4v) is 8.52. The number of carbonyl (C=O) groups excluding carboxylic acids is 1. The number of halogens is 2. The highest BCUT2D eigenvalue weighted by Crippen LogP contribution is 2.46. The minimum absolute atomic E-state index is 0.0371. The summed E-state index contributed by atoms with van der Waals surface area (Å²) < 4.78 is 37.3. The largest absolute Gasteiger partial charge is 0.507 e. The van der Waals surface area contributed by atoms with Gasteiger partial charge in [0.2, 0.25) is 0 Å². The molecule has 7 rings (SSSR count). The Morgan fingerprint density at radius 3 is 2.38 bits per heavy atom. The third kappa shape index (κ3) is 8.24. The summed E-state index contributed by atoms with van der Waals surface area (Å²) in [6, 6.07) is 21.6. The van der Waals surface area contributed by atoms with Gasteiger partial charge in [-0.1, -0.05) is 29.8 Å². The van der Waals surface area contributed by atoms with E-state index >= 15 is 0 Å². The lowest BCUT2D eigenvalue weighted by molar-refractivity contribution is -0.0571. The van der Waals surface area contributed by atoms with E-state index in [1.54, 1.807) is 19.2 Å². The summed E-state index contributed by atoms with van der Waals surface area (Å²) in [5, 5.41) is 33.0. The van der Waals surface area contributed by atoms with E-state index in [1.165, 1.54) is 19.2 Å². The summed E-state index contributed by atoms with van der Waals surface area (Å²) in [5.41, 5.74) is 7.80.